The Morgan fingerprint density at radius 1 is 1.36 bits per heavy atom. The van der Waals surface area contributed by atoms with Crippen molar-refractivity contribution in [2.45, 2.75) is 57.7 Å². The molecule has 0 spiro atoms. The lowest BCUT2D eigenvalue weighted by molar-refractivity contribution is -0.134. The zero-order valence-electron chi connectivity index (χ0n) is 16.2. The molecule has 28 heavy (non-hydrogen) atoms. The molecule has 150 valence electrons. The second kappa shape index (κ2) is 7.38. The van der Waals surface area contributed by atoms with E-state index in [2.05, 4.69) is 25.7 Å². The summed E-state index contributed by atoms with van der Waals surface area (Å²) in [6, 6.07) is 1.61. The maximum atomic E-state index is 13.1. The average Bonchev–Trinajstić information content (AvgIpc) is 3.38. The van der Waals surface area contributed by atoms with Gasteiger partial charge in [0, 0.05) is 25.6 Å². The summed E-state index contributed by atoms with van der Waals surface area (Å²) in [4.78, 5) is 32.1. The van der Waals surface area contributed by atoms with E-state index in [4.69, 9.17) is 8.94 Å². The van der Waals surface area contributed by atoms with Crippen LogP contribution in [0.2, 0.25) is 0 Å². The molecule has 2 aliphatic heterocycles. The Morgan fingerprint density at radius 3 is 2.93 bits per heavy atom. The van der Waals surface area contributed by atoms with Gasteiger partial charge in [0.25, 0.3) is 5.91 Å². The molecule has 4 heterocycles. The average molecular weight is 387 g/mol. The van der Waals surface area contributed by atoms with Gasteiger partial charge in [-0.15, -0.1) is 0 Å². The normalized spacial score (nSPS) is 24.7. The molecular formula is C19H25N5O4. The number of nitrogens with one attached hydrogen (secondary N) is 2. The molecule has 0 aromatic carbocycles. The van der Waals surface area contributed by atoms with E-state index in [1.165, 1.54) is 6.26 Å². The molecular weight excluding hydrogens is 362 g/mol. The van der Waals surface area contributed by atoms with Crippen LogP contribution in [0.1, 0.15) is 53.5 Å². The van der Waals surface area contributed by atoms with Crippen LogP contribution >= 0.6 is 0 Å². The summed E-state index contributed by atoms with van der Waals surface area (Å²) in [6.45, 7) is 5.30. The highest BCUT2D eigenvalue weighted by Gasteiger charge is 2.52. The van der Waals surface area contributed by atoms with Crippen LogP contribution in [-0.4, -0.2) is 51.5 Å². The number of hydrogen-bond acceptors (Lipinski definition) is 7. The number of carbonyl (C=O) groups excluding carboxylic acids is 2. The first-order chi connectivity index (χ1) is 13.5. The van der Waals surface area contributed by atoms with Crippen molar-refractivity contribution < 1.29 is 18.5 Å². The first kappa shape index (κ1) is 18.7. The summed E-state index contributed by atoms with van der Waals surface area (Å²) < 4.78 is 10.2. The molecule has 2 N–H and O–H groups in total. The highest BCUT2D eigenvalue weighted by atomic mass is 16.5. The fourth-order valence-corrected chi connectivity index (χ4v) is 4.43. The summed E-state index contributed by atoms with van der Waals surface area (Å²) >= 11 is 0. The third-order valence-electron chi connectivity index (χ3n) is 5.69. The molecule has 0 unspecified atom stereocenters. The lowest BCUT2D eigenvalue weighted by atomic mass is 9.84. The number of fused-ring (bicyclic) bond motifs is 1. The largest absolute Gasteiger partial charge is 0.436 e. The van der Waals surface area contributed by atoms with Crippen molar-refractivity contribution in [2.24, 2.45) is 0 Å². The van der Waals surface area contributed by atoms with E-state index in [1.807, 2.05) is 0 Å². The first-order valence-corrected chi connectivity index (χ1v) is 9.65. The zero-order chi connectivity index (χ0) is 19.7. The highest BCUT2D eigenvalue weighted by Crippen LogP contribution is 2.38. The predicted octanol–water partition coefficient (Wildman–Crippen LogP) is 1.32. The molecule has 2 aromatic rings. The van der Waals surface area contributed by atoms with Crippen molar-refractivity contribution in [1.29, 1.82) is 0 Å². The zero-order valence-corrected chi connectivity index (χ0v) is 16.2. The van der Waals surface area contributed by atoms with Gasteiger partial charge in [0.15, 0.2) is 5.89 Å². The molecule has 4 rings (SSSR count). The van der Waals surface area contributed by atoms with Crippen LogP contribution in [-0.2, 0) is 11.3 Å². The molecule has 0 aliphatic carbocycles. The minimum atomic E-state index is -0.591. The number of hydrogen-bond donors (Lipinski definition) is 2. The van der Waals surface area contributed by atoms with Crippen LogP contribution in [0.25, 0.3) is 0 Å². The van der Waals surface area contributed by atoms with E-state index < -0.39 is 5.54 Å². The topological polar surface area (TPSA) is 114 Å². The molecule has 2 aliphatic rings. The van der Waals surface area contributed by atoms with Crippen LogP contribution in [0.15, 0.2) is 21.3 Å². The minimum Gasteiger partial charge on any atom is -0.436 e. The predicted molar refractivity (Wildman–Crippen MR) is 98.4 cm³/mol. The lowest BCUT2D eigenvalue weighted by Crippen LogP contribution is -2.57. The summed E-state index contributed by atoms with van der Waals surface area (Å²) in [5.74, 6) is 0.418. The van der Waals surface area contributed by atoms with Crippen LogP contribution in [0.3, 0.4) is 0 Å². The molecule has 0 saturated carbocycles. The third kappa shape index (κ3) is 3.42. The van der Waals surface area contributed by atoms with E-state index in [0.717, 1.165) is 25.8 Å². The van der Waals surface area contributed by atoms with Crippen LogP contribution in [0, 0.1) is 13.8 Å². The Labute approximate surface area is 162 Å². The lowest BCUT2D eigenvalue weighted by Gasteiger charge is -2.40. The molecule has 2 atom stereocenters. The van der Waals surface area contributed by atoms with Gasteiger partial charge in [-0.05, 0) is 39.2 Å². The molecule has 9 nitrogen and oxygen atoms in total. The number of carbonyl (C=O) groups is 2. The molecule has 2 aromatic heterocycles. The number of piperidine rings is 1. The van der Waals surface area contributed by atoms with Gasteiger partial charge < -0.3 is 19.6 Å². The number of rotatable bonds is 5. The highest BCUT2D eigenvalue weighted by molar-refractivity contribution is 5.93. The number of oxazole rings is 1. The molecule has 2 amide bonds. The van der Waals surface area contributed by atoms with E-state index in [0.29, 0.717) is 36.8 Å². The van der Waals surface area contributed by atoms with Crippen molar-refractivity contribution in [3.63, 3.8) is 0 Å². The number of aromatic nitrogens is 2. The molecule has 2 saturated heterocycles. The Morgan fingerprint density at radius 2 is 2.21 bits per heavy atom. The van der Waals surface area contributed by atoms with E-state index in [9.17, 15) is 9.59 Å². The number of nitrogens with zero attached hydrogens (tertiary/aromatic N) is 3. The van der Waals surface area contributed by atoms with Gasteiger partial charge in [-0.1, -0.05) is 5.16 Å². The molecule has 2 fully saturated rings. The fourth-order valence-electron chi connectivity index (χ4n) is 4.43. The Kier molecular flexibility index (Phi) is 4.92. The molecule has 0 bridgehead atoms. The summed E-state index contributed by atoms with van der Waals surface area (Å²) in [7, 11) is 0. The number of aryl methyl sites for hydroxylation is 2. The standard InChI is InChI=1S/C19H25N5O4/c1-12-16(28-13(2)21-12)17(25)22-15-9-19(6-3-4-7-24(19)11-15)18(26)20-10-14-5-8-27-23-14/h5,8,15H,3-4,6-7,9-11H2,1-2H3,(H,20,26)(H,22,25)/t15-,19-/m0/s1. The van der Waals surface area contributed by atoms with Gasteiger partial charge >= 0.3 is 0 Å². The van der Waals surface area contributed by atoms with E-state index in [1.54, 1.807) is 19.9 Å². The SMILES string of the molecule is Cc1nc(C)c(C(=O)N[C@@H]2CN3CCCC[C@@]3(C(=O)NCc3ccon3)C2)o1. The van der Waals surface area contributed by atoms with Crippen molar-refractivity contribution in [2.75, 3.05) is 13.1 Å². The fraction of sp³-hybridized carbons (Fsp3) is 0.579. The number of amides is 2. The minimum absolute atomic E-state index is 0.0151. The van der Waals surface area contributed by atoms with Crippen LogP contribution < -0.4 is 10.6 Å². The summed E-state index contributed by atoms with van der Waals surface area (Å²) in [6.07, 6.45) is 4.90. The Hall–Kier alpha value is -2.68. The van der Waals surface area contributed by atoms with E-state index in [-0.39, 0.29) is 23.6 Å². The smallest absolute Gasteiger partial charge is 0.289 e. The quantitative estimate of drug-likeness (QED) is 0.795. The summed E-state index contributed by atoms with van der Waals surface area (Å²) in [5, 5.41) is 9.86. The molecule has 9 heteroatoms. The van der Waals surface area contributed by atoms with Gasteiger partial charge in [0.2, 0.25) is 11.7 Å². The summed E-state index contributed by atoms with van der Waals surface area (Å²) in [5.41, 5.74) is 0.670. The monoisotopic (exact) mass is 387 g/mol. The first-order valence-electron chi connectivity index (χ1n) is 9.65. The second-order valence-electron chi connectivity index (χ2n) is 7.63. The second-order valence-corrected chi connectivity index (χ2v) is 7.63. The van der Waals surface area contributed by atoms with Gasteiger partial charge in [0.05, 0.1) is 12.2 Å². The Balaban J connectivity index is 1.45. The van der Waals surface area contributed by atoms with Crippen molar-refractivity contribution >= 4 is 11.8 Å². The van der Waals surface area contributed by atoms with Gasteiger partial charge in [-0.2, -0.15) is 0 Å². The maximum Gasteiger partial charge on any atom is 0.289 e. The van der Waals surface area contributed by atoms with Gasteiger partial charge in [0.1, 0.15) is 17.5 Å². The van der Waals surface area contributed by atoms with E-state index >= 15 is 0 Å². The third-order valence-corrected chi connectivity index (χ3v) is 5.69. The van der Waals surface area contributed by atoms with Gasteiger partial charge in [-0.25, -0.2) is 4.98 Å². The van der Waals surface area contributed by atoms with Crippen molar-refractivity contribution in [1.82, 2.24) is 25.7 Å². The molecule has 0 radical (unpaired) electrons. The van der Waals surface area contributed by atoms with Gasteiger partial charge in [-0.3, -0.25) is 14.5 Å². The van der Waals surface area contributed by atoms with Crippen molar-refractivity contribution in [3.05, 3.63) is 35.4 Å². The maximum absolute atomic E-state index is 13.1. The van der Waals surface area contributed by atoms with Crippen LogP contribution in [0.4, 0.5) is 0 Å². The van der Waals surface area contributed by atoms with Crippen molar-refractivity contribution in [3.8, 4) is 0 Å². The van der Waals surface area contributed by atoms with Crippen LogP contribution in [0.5, 0.6) is 0 Å². The Bertz CT molecular complexity index is 862.